The monoisotopic (exact) mass is 340 g/mol. The van der Waals surface area contributed by atoms with E-state index >= 15 is 0 Å². The average Bonchev–Trinajstić information content (AvgIpc) is 2.65. The van der Waals surface area contributed by atoms with E-state index in [4.69, 9.17) is 9.47 Å². The van der Waals surface area contributed by atoms with Crippen molar-refractivity contribution in [2.75, 3.05) is 26.1 Å². The van der Waals surface area contributed by atoms with Crippen LogP contribution in [-0.4, -0.2) is 43.6 Å². The number of anilines is 1. The number of morpholine rings is 1. The smallest absolute Gasteiger partial charge is 0.256 e. The summed E-state index contributed by atoms with van der Waals surface area (Å²) < 4.78 is 10.7. The van der Waals surface area contributed by atoms with E-state index in [9.17, 15) is 9.59 Å². The molecule has 0 aliphatic carbocycles. The van der Waals surface area contributed by atoms with Gasteiger partial charge in [0.2, 0.25) is 5.91 Å². The summed E-state index contributed by atoms with van der Waals surface area (Å²) in [6.45, 7) is -0.111. The second-order valence-corrected chi connectivity index (χ2v) is 5.81. The second kappa shape index (κ2) is 7.36. The minimum Gasteiger partial charge on any atom is -0.497 e. The summed E-state index contributed by atoms with van der Waals surface area (Å²) >= 11 is 0. The molecule has 0 aromatic heterocycles. The molecule has 0 spiro atoms. The Morgan fingerprint density at radius 1 is 1.16 bits per heavy atom. The van der Waals surface area contributed by atoms with E-state index in [0.717, 1.165) is 5.56 Å². The first-order chi connectivity index (χ1) is 12.1. The third-order valence-electron chi connectivity index (χ3n) is 4.24. The molecule has 25 heavy (non-hydrogen) atoms. The molecule has 1 N–H and O–H groups in total. The first-order valence-electron chi connectivity index (χ1n) is 7.97. The van der Waals surface area contributed by atoms with Gasteiger partial charge in [-0.2, -0.15) is 0 Å². The van der Waals surface area contributed by atoms with Crippen molar-refractivity contribution >= 4 is 17.5 Å². The van der Waals surface area contributed by atoms with Gasteiger partial charge in [-0.05, 0) is 29.8 Å². The first kappa shape index (κ1) is 17.0. The van der Waals surface area contributed by atoms with Gasteiger partial charge in [-0.1, -0.05) is 30.3 Å². The molecule has 2 aromatic rings. The third kappa shape index (κ3) is 3.64. The van der Waals surface area contributed by atoms with Gasteiger partial charge in [0.15, 0.2) is 6.10 Å². The van der Waals surface area contributed by atoms with Crippen LogP contribution >= 0.6 is 0 Å². The van der Waals surface area contributed by atoms with Gasteiger partial charge in [0.25, 0.3) is 5.91 Å². The molecule has 0 bridgehead atoms. The molecule has 130 valence electrons. The number of benzene rings is 2. The minimum atomic E-state index is -0.785. The number of hydrogen-bond donors (Lipinski definition) is 1. The van der Waals surface area contributed by atoms with Crippen LogP contribution in [0.3, 0.4) is 0 Å². The van der Waals surface area contributed by atoms with E-state index in [-0.39, 0.29) is 18.4 Å². The summed E-state index contributed by atoms with van der Waals surface area (Å²) in [5.41, 5.74) is 1.49. The lowest BCUT2D eigenvalue weighted by atomic mass is 9.97. The van der Waals surface area contributed by atoms with E-state index in [0.29, 0.717) is 11.4 Å². The summed E-state index contributed by atoms with van der Waals surface area (Å²) in [7, 11) is 3.27. The Morgan fingerprint density at radius 3 is 2.48 bits per heavy atom. The number of likely N-dealkylation sites (N-methyl/N-ethyl adjacent to an activating group) is 1. The predicted octanol–water partition coefficient (Wildman–Crippen LogP) is 2.23. The molecule has 1 saturated heterocycles. The Balaban J connectivity index is 1.82. The highest BCUT2D eigenvalue weighted by Gasteiger charge is 2.39. The Kier molecular flexibility index (Phi) is 5.00. The van der Waals surface area contributed by atoms with Gasteiger partial charge in [0.05, 0.1) is 13.2 Å². The number of nitrogens with zero attached hydrogens (tertiary/aromatic N) is 1. The molecule has 0 saturated carbocycles. The molecule has 1 aliphatic heterocycles. The van der Waals surface area contributed by atoms with Gasteiger partial charge in [-0.3, -0.25) is 9.59 Å². The standard InChI is InChI=1S/C19H20N2O4/c1-21-16(22)12-25-18(17(21)13-6-4-3-5-7-13)19(23)20-14-8-10-15(24-2)11-9-14/h3-11,17-18H,12H2,1-2H3,(H,20,23)/t17-,18+/m0/s1. The average molecular weight is 340 g/mol. The maximum Gasteiger partial charge on any atom is 0.256 e. The molecule has 0 radical (unpaired) electrons. The number of methoxy groups -OCH3 is 1. The SMILES string of the molecule is COc1ccc(NC(=O)[C@@H]2OCC(=O)N(C)[C@H]2c2ccccc2)cc1. The Bertz CT molecular complexity index is 746. The lowest BCUT2D eigenvalue weighted by molar-refractivity contribution is -0.160. The van der Waals surface area contributed by atoms with Crippen LogP contribution in [0.4, 0.5) is 5.69 Å². The number of ether oxygens (including phenoxy) is 2. The number of carbonyl (C=O) groups excluding carboxylic acids is 2. The molecule has 6 heteroatoms. The van der Waals surface area contributed by atoms with Crippen molar-refractivity contribution in [3.05, 3.63) is 60.2 Å². The van der Waals surface area contributed by atoms with Crippen molar-refractivity contribution in [3.63, 3.8) is 0 Å². The van der Waals surface area contributed by atoms with Gasteiger partial charge in [0.1, 0.15) is 12.4 Å². The summed E-state index contributed by atoms with van der Waals surface area (Å²) in [6, 6.07) is 16.0. The Morgan fingerprint density at radius 2 is 1.84 bits per heavy atom. The fourth-order valence-electron chi connectivity index (χ4n) is 2.87. The number of amides is 2. The quantitative estimate of drug-likeness (QED) is 0.927. The first-order valence-corrected chi connectivity index (χ1v) is 7.97. The summed E-state index contributed by atoms with van der Waals surface area (Å²) in [6.07, 6.45) is -0.785. The molecule has 0 unspecified atom stereocenters. The minimum absolute atomic E-state index is 0.111. The molecule has 3 rings (SSSR count). The third-order valence-corrected chi connectivity index (χ3v) is 4.24. The summed E-state index contributed by atoms with van der Waals surface area (Å²) in [5.74, 6) is 0.264. The van der Waals surface area contributed by atoms with Gasteiger partial charge in [-0.25, -0.2) is 0 Å². The molecule has 6 nitrogen and oxygen atoms in total. The summed E-state index contributed by atoms with van der Waals surface area (Å²) in [5, 5.41) is 2.84. The van der Waals surface area contributed by atoms with Crippen LogP contribution in [0.1, 0.15) is 11.6 Å². The van der Waals surface area contributed by atoms with Crippen LogP contribution in [0.15, 0.2) is 54.6 Å². The van der Waals surface area contributed by atoms with Gasteiger partial charge >= 0.3 is 0 Å². The van der Waals surface area contributed by atoms with Crippen molar-refractivity contribution < 1.29 is 19.1 Å². The highest BCUT2D eigenvalue weighted by Crippen LogP contribution is 2.29. The van der Waals surface area contributed by atoms with Gasteiger partial charge in [-0.15, -0.1) is 0 Å². The lowest BCUT2D eigenvalue weighted by Gasteiger charge is -2.38. The Labute approximate surface area is 146 Å². The van der Waals surface area contributed by atoms with Crippen molar-refractivity contribution in [2.45, 2.75) is 12.1 Å². The van der Waals surface area contributed by atoms with Crippen LogP contribution in [0.5, 0.6) is 5.75 Å². The van der Waals surface area contributed by atoms with Crippen molar-refractivity contribution in [1.29, 1.82) is 0 Å². The number of carbonyl (C=O) groups is 2. The summed E-state index contributed by atoms with van der Waals surface area (Å²) in [4.78, 5) is 26.3. The van der Waals surface area contributed by atoms with Crippen LogP contribution < -0.4 is 10.1 Å². The topological polar surface area (TPSA) is 67.9 Å². The number of hydrogen-bond acceptors (Lipinski definition) is 4. The van der Waals surface area contributed by atoms with Crippen LogP contribution in [0.2, 0.25) is 0 Å². The van der Waals surface area contributed by atoms with E-state index in [2.05, 4.69) is 5.32 Å². The zero-order valence-electron chi connectivity index (χ0n) is 14.1. The van der Waals surface area contributed by atoms with E-state index in [1.807, 2.05) is 30.3 Å². The van der Waals surface area contributed by atoms with Crippen molar-refractivity contribution in [3.8, 4) is 5.75 Å². The normalized spacial score (nSPS) is 20.2. The maximum atomic E-state index is 12.8. The van der Waals surface area contributed by atoms with E-state index < -0.39 is 12.1 Å². The predicted molar refractivity (Wildman–Crippen MR) is 93.3 cm³/mol. The molecular formula is C19H20N2O4. The van der Waals surface area contributed by atoms with Crippen LogP contribution in [0.25, 0.3) is 0 Å². The number of rotatable bonds is 4. The zero-order chi connectivity index (χ0) is 17.8. The Hall–Kier alpha value is -2.86. The fourth-order valence-corrected chi connectivity index (χ4v) is 2.87. The molecule has 2 atom stereocenters. The van der Waals surface area contributed by atoms with Gasteiger partial charge in [0, 0.05) is 12.7 Å². The lowest BCUT2D eigenvalue weighted by Crippen LogP contribution is -2.51. The van der Waals surface area contributed by atoms with Crippen molar-refractivity contribution in [2.24, 2.45) is 0 Å². The maximum absolute atomic E-state index is 12.8. The zero-order valence-corrected chi connectivity index (χ0v) is 14.1. The number of nitrogens with one attached hydrogen (secondary N) is 1. The highest BCUT2D eigenvalue weighted by molar-refractivity contribution is 5.96. The highest BCUT2D eigenvalue weighted by atomic mass is 16.5. The van der Waals surface area contributed by atoms with Crippen molar-refractivity contribution in [1.82, 2.24) is 4.90 Å². The molecule has 1 heterocycles. The van der Waals surface area contributed by atoms with Crippen LogP contribution in [0, 0.1) is 0 Å². The second-order valence-electron chi connectivity index (χ2n) is 5.81. The van der Waals surface area contributed by atoms with E-state index in [1.165, 1.54) is 0 Å². The van der Waals surface area contributed by atoms with Crippen LogP contribution in [-0.2, 0) is 14.3 Å². The van der Waals surface area contributed by atoms with Gasteiger partial charge < -0.3 is 19.7 Å². The molecule has 2 aromatic carbocycles. The fraction of sp³-hybridized carbons (Fsp3) is 0.263. The molecule has 1 aliphatic rings. The molecule has 2 amide bonds. The largest absolute Gasteiger partial charge is 0.497 e. The van der Waals surface area contributed by atoms with E-state index in [1.54, 1.807) is 43.3 Å². The molecular weight excluding hydrogens is 320 g/mol. The molecule has 1 fully saturated rings.